The molecule has 0 aromatic carbocycles. The normalized spacial score (nSPS) is 16.0. The monoisotopic (exact) mass is 158 g/mol. The second-order valence-electron chi connectivity index (χ2n) is 1.78. The highest BCUT2D eigenvalue weighted by Gasteiger charge is 1.94. The molecule has 0 unspecified atom stereocenters. The van der Waals surface area contributed by atoms with Crippen LogP contribution in [-0.4, -0.2) is 17.5 Å². The summed E-state index contributed by atoms with van der Waals surface area (Å²) in [5.74, 6) is 1.31. The Morgan fingerprint density at radius 3 is 2.80 bits per heavy atom. The van der Waals surface area contributed by atoms with Crippen LogP contribution in [0.3, 0.4) is 0 Å². The van der Waals surface area contributed by atoms with E-state index in [1.54, 1.807) is 12.3 Å². The molecule has 0 atom stereocenters. The third kappa shape index (κ3) is 3.53. The number of rotatable bonds is 0. The summed E-state index contributed by atoms with van der Waals surface area (Å²) in [5, 5.41) is 3.35. The third-order valence-corrected chi connectivity index (χ3v) is 1.88. The molecule has 2 rings (SSSR count). The average molecular weight is 158 g/mol. The van der Waals surface area contributed by atoms with Gasteiger partial charge in [0.25, 0.3) is 0 Å². The van der Waals surface area contributed by atoms with E-state index in [9.17, 15) is 0 Å². The molecule has 10 heavy (non-hydrogen) atoms. The maximum atomic E-state index is 4.33. The van der Waals surface area contributed by atoms with Gasteiger partial charge in [0.1, 0.15) is 6.26 Å². The van der Waals surface area contributed by atoms with Crippen LogP contribution in [0.25, 0.3) is 0 Å². The summed E-state index contributed by atoms with van der Waals surface area (Å²) in [6.07, 6.45) is 4.45. The van der Waals surface area contributed by atoms with Crippen molar-refractivity contribution in [1.29, 1.82) is 0 Å². The molecule has 1 fully saturated rings. The van der Waals surface area contributed by atoms with Crippen LogP contribution in [0.15, 0.2) is 23.0 Å². The van der Waals surface area contributed by atoms with Crippen molar-refractivity contribution in [2.75, 3.05) is 12.3 Å². The summed E-state index contributed by atoms with van der Waals surface area (Å²) in [4.78, 5) is 0. The van der Waals surface area contributed by atoms with E-state index in [1.165, 1.54) is 25.0 Å². The van der Waals surface area contributed by atoms with Gasteiger partial charge in [-0.1, -0.05) is 17.1 Å². The largest absolute Gasteiger partial charge is 0.365 e. The first-order valence-corrected chi connectivity index (χ1v) is 4.18. The minimum atomic E-state index is 1.21. The molecule has 0 saturated carbocycles. The SMILES string of the molecule is C1CNSC1.c1cnoc1. The first-order valence-electron chi connectivity index (χ1n) is 3.19. The van der Waals surface area contributed by atoms with Crippen LogP contribution in [0.2, 0.25) is 0 Å². The Kier molecular flexibility index (Phi) is 4.05. The quantitative estimate of drug-likeness (QED) is 0.578. The Labute approximate surface area is 64.3 Å². The topological polar surface area (TPSA) is 38.1 Å². The smallest absolute Gasteiger partial charge is 0.123 e. The summed E-state index contributed by atoms with van der Waals surface area (Å²) in [6, 6.07) is 1.72. The molecule has 1 aromatic rings. The van der Waals surface area contributed by atoms with E-state index in [2.05, 4.69) is 14.4 Å². The van der Waals surface area contributed by atoms with Gasteiger partial charge in [-0.15, -0.1) is 0 Å². The number of hydrogen-bond donors (Lipinski definition) is 1. The van der Waals surface area contributed by atoms with Gasteiger partial charge in [-0.05, 0) is 12.5 Å². The number of aromatic nitrogens is 1. The molecular weight excluding hydrogens is 148 g/mol. The van der Waals surface area contributed by atoms with E-state index < -0.39 is 0 Å². The Morgan fingerprint density at radius 1 is 1.60 bits per heavy atom. The first-order chi connectivity index (χ1) is 5.00. The molecule has 2 heterocycles. The fourth-order valence-corrected chi connectivity index (χ4v) is 1.26. The molecule has 0 radical (unpaired) electrons. The van der Waals surface area contributed by atoms with Gasteiger partial charge in [0.05, 0.1) is 6.20 Å². The van der Waals surface area contributed by atoms with Crippen molar-refractivity contribution < 1.29 is 4.52 Å². The predicted molar refractivity (Wildman–Crippen MR) is 41.6 cm³/mol. The maximum absolute atomic E-state index is 4.33. The zero-order chi connectivity index (χ0) is 7.07. The molecule has 0 bridgehead atoms. The second kappa shape index (κ2) is 5.32. The maximum Gasteiger partial charge on any atom is 0.123 e. The third-order valence-electron chi connectivity index (χ3n) is 0.975. The van der Waals surface area contributed by atoms with Crippen molar-refractivity contribution in [1.82, 2.24) is 9.88 Å². The van der Waals surface area contributed by atoms with E-state index in [4.69, 9.17) is 0 Å². The van der Waals surface area contributed by atoms with Crippen molar-refractivity contribution in [2.24, 2.45) is 0 Å². The summed E-state index contributed by atoms with van der Waals surface area (Å²) < 4.78 is 7.47. The van der Waals surface area contributed by atoms with Gasteiger partial charge in [0, 0.05) is 12.3 Å². The van der Waals surface area contributed by atoms with Gasteiger partial charge in [0.15, 0.2) is 0 Å². The van der Waals surface area contributed by atoms with Crippen molar-refractivity contribution >= 4 is 11.9 Å². The Bertz CT molecular complexity index is 115. The minimum Gasteiger partial charge on any atom is -0.365 e. The van der Waals surface area contributed by atoms with E-state index in [1.807, 2.05) is 11.9 Å². The zero-order valence-corrected chi connectivity index (χ0v) is 6.43. The Hall–Kier alpha value is -0.480. The molecule has 0 spiro atoms. The predicted octanol–water partition coefficient (Wildman–Crippen LogP) is 1.30. The van der Waals surface area contributed by atoms with Crippen LogP contribution in [0, 0.1) is 0 Å². The van der Waals surface area contributed by atoms with Crippen molar-refractivity contribution in [3.8, 4) is 0 Å². The highest BCUT2D eigenvalue weighted by Crippen LogP contribution is 2.02. The zero-order valence-electron chi connectivity index (χ0n) is 5.62. The highest BCUT2D eigenvalue weighted by atomic mass is 32.2. The summed E-state index contributed by atoms with van der Waals surface area (Å²) in [6.45, 7) is 1.21. The van der Waals surface area contributed by atoms with Crippen LogP contribution >= 0.6 is 11.9 Å². The molecule has 0 aliphatic carbocycles. The standard InChI is InChI=1S/C3H3NO.C3H7NS/c2*1-2-4-5-3-1/h1-3H;4H,1-3H2. The number of nitrogens with one attached hydrogen (secondary N) is 1. The molecule has 1 aliphatic heterocycles. The lowest BCUT2D eigenvalue weighted by atomic mass is 10.5. The minimum absolute atomic E-state index is 1.21. The van der Waals surface area contributed by atoms with Crippen LogP contribution in [0.4, 0.5) is 0 Å². The Morgan fingerprint density at radius 2 is 2.60 bits per heavy atom. The van der Waals surface area contributed by atoms with Crippen LogP contribution in [-0.2, 0) is 0 Å². The molecule has 0 amide bonds. The van der Waals surface area contributed by atoms with Gasteiger partial charge in [-0.25, -0.2) is 0 Å². The van der Waals surface area contributed by atoms with Crippen LogP contribution in [0.1, 0.15) is 6.42 Å². The van der Waals surface area contributed by atoms with Crippen LogP contribution in [0.5, 0.6) is 0 Å². The van der Waals surface area contributed by atoms with E-state index in [-0.39, 0.29) is 0 Å². The Balaban J connectivity index is 0.0000001000. The van der Waals surface area contributed by atoms with E-state index in [0.717, 1.165) is 0 Å². The molecule has 3 nitrogen and oxygen atoms in total. The molecule has 1 saturated heterocycles. The fourth-order valence-electron chi connectivity index (χ4n) is 0.537. The van der Waals surface area contributed by atoms with Gasteiger partial charge in [-0.3, -0.25) is 4.72 Å². The molecular formula is C6H10N2OS. The van der Waals surface area contributed by atoms with E-state index >= 15 is 0 Å². The fraction of sp³-hybridized carbons (Fsp3) is 0.500. The summed E-state index contributed by atoms with van der Waals surface area (Å²) in [5.41, 5.74) is 0. The van der Waals surface area contributed by atoms with Crippen molar-refractivity contribution in [3.05, 3.63) is 18.5 Å². The van der Waals surface area contributed by atoms with Gasteiger partial charge in [-0.2, -0.15) is 0 Å². The summed E-state index contributed by atoms with van der Waals surface area (Å²) >= 11 is 1.82. The van der Waals surface area contributed by atoms with Crippen LogP contribution < -0.4 is 4.72 Å². The molecule has 4 heteroatoms. The van der Waals surface area contributed by atoms with Gasteiger partial charge >= 0.3 is 0 Å². The molecule has 1 N–H and O–H groups in total. The van der Waals surface area contributed by atoms with Crippen molar-refractivity contribution in [3.63, 3.8) is 0 Å². The average Bonchev–Trinajstić information content (AvgIpc) is 2.67. The molecule has 1 aromatic heterocycles. The second-order valence-corrected chi connectivity index (χ2v) is 2.77. The lowest BCUT2D eigenvalue weighted by Gasteiger charge is -1.75. The first kappa shape index (κ1) is 7.63. The summed E-state index contributed by atoms with van der Waals surface area (Å²) in [7, 11) is 0. The van der Waals surface area contributed by atoms with E-state index in [0.29, 0.717) is 0 Å². The number of nitrogens with zero attached hydrogens (tertiary/aromatic N) is 1. The lowest BCUT2D eigenvalue weighted by Crippen LogP contribution is -1.91. The van der Waals surface area contributed by atoms with Crippen molar-refractivity contribution in [2.45, 2.75) is 6.42 Å². The number of hydrogen-bond acceptors (Lipinski definition) is 4. The lowest BCUT2D eigenvalue weighted by molar-refractivity contribution is 0.420. The highest BCUT2D eigenvalue weighted by molar-refractivity contribution is 7.97. The molecule has 1 aliphatic rings. The van der Waals surface area contributed by atoms with Gasteiger partial charge < -0.3 is 4.52 Å². The molecule has 56 valence electrons. The van der Waals surface area contributed by atoms with Gasteiger partial charge in [0.2, 0.25) is 0 Å².